The second-order valence-corrected chi connectivity index (χ2v) is 8.12. The summed E-state index contributed by atoms with van der Waals surface area (Å²) in [5.74, 6) is 0.716. The molecule has 1 aliphatic rings. The van der Waals surface area contributed by atoms with E-state index in [1.807, 2.05) is 68.1 Å². The van der Waals surface area contributed by atoms with Crippen LogP contribution in [0.4, 0.5) is 5.69 Å². The Bertz CT molecular complexity index is 904. The minimum Gasteiger partial charge on any atom is -0.481 e. The van der Waals surface area contributed by atoms with Gasteiger partial charge in [-0.1, -0.05) is 24.3 Å². The number of carbonyl (C=O) groups excluding carboxylic acids is 2. The van der Waals surface area contributed by atoms with Crippen LogP contribution in [0.15, 0.2) is 42.5 Å². The molecule has 1 heterocycles. The Balaban J connectivity index is 1.46. The fourth-order valence-electron chi connectivity index (χ4n) is 3.73. The Morgan fingerprint density at radius 1 is 1.10 bits per heavy atom. The molecule has 0 bridgehead atoms. The molecule has 30 heavy (non-hydrogen) atoms. The van der Waals surface area contributed by atoms with Crippen molar-refractivity contribution >= 4 is 17.5 Å². The lowest BCUT2D eigenvalue weighted by Crippen LogP contribution is -3.15. The van der Waals surface area contributed by atoms with E-state index in [1.165, 1.54) is 4.90 Å². The van der Waals surface area contributed by atoms with Gasteiger partial charge in [-0.2, -0.15) is 0 Å². The van der Waals surface area contributed by atoms with Gasteiger partial charge in [0.2, 0.25) is 0 Å². The summed E-state index contributed by atoms with van der Waals surface area (Å²) in [5.41, 5.74) is 4.23. The van der Waals surface area contributed by atoms with E-state index in [4.69, 9.17) is 4.74 Å². The highest BCUT2D eigenvalue weighted by atomic mass is 16.5. The molecule has 1 atom stereocenters. The van der Waals surface area contributed by atoms with Crippen molar-refractivity contribution in [3.8, 4) is 5.75 Å². The number of carbonyl (C=O) groups is 2. The van der Waals surface area contributed by atoms with Gasteiger partial charge in [-0.15, -0.1) is 0 Å². The molecule has 0 radical (unpaired) electrons. The monoisotopic (exact) mass is 410 g/mol. The van der Waals surface area contributed by atoms with Crippen LogP contribution in [0.3, 0.4) is 0 Å². The van der Waals surface area contributed by atoms with Crippen molar-refractivity contribution in [1.82, 2.24) is 4.90 Å². The Hall–Kier alpha value is -2.86. The molecular formula is C24H32N3O3+. The van der Waals surface area contributed by atoms with Crippen LogP contribution >= 0.6 is 0 Å². The number of aryl methyl sites for hydroxylation is 2. The predicted octanol–water partition coefficient (Wildman–Crippen LogP) is 1.74. The van der Waals surface area contributed by atoms with Crippen LogP contribution in [-0.4, -0.2) is 55.5 Å². The average molecular weight is 411 g/mol. The SMILES string of the molecule is Cc1cccc(O[C@@H](C)C(=O)N2CC[NH+](CC(=O)Nc3cccc(C)c3C)CC2)c1. The molecule has 2 amide bonds. The molecule has 160 valence electrons. The summed E-state index contributed by atoms with van der Waals surface area (Å²) in [6.45, 7) is 11.0. The fourth-order valence-corrected chi connectivity index (χ4v) is 3.73. The first-order chi connectivity index (χ1) is 14.3. The van der Waals surface area contributed by atoms with Crippen molar-refractivity contribution in [3.05, 3.63) is 59.2 Å². The van der Waals surface area contributed by atoms with Crippen LogP contribution < -0.4 is 15.0 Å². The van der Waals surface area contributed by atoms with E-state index < -0.39 is 6.10 Å². The van der Waals surface area contributed by atoms with Gasteiger partial charge in [0.05, 0.1) is 26.2 Å². The van der Waals surface area contributed by atoms with Crippen molar-refractivity contribution in [2.24, 2.45) is 0 Å². The maximum Gasteiger partial charge on any atom is 0.279 e. The fraction of sp³-hybridized carbons (Fsp3) is 0.417. The van der Waals surface area contributed by atoms with E-state index in [9.17, 15) is 9.59 Å². The van der Waals surface area contributed by atoms with Crippen molar-refractivity contribution in [2.75, 3.05) is 38.0 Å². The van der Waals surface area contributed by atoms with Crippen LogP contribution in [0.5, 0.6) is 5.75 Å². The van der Waals surface area contributed by atoms with Crippen LogP contribution in [-0.2, 0) is 9.59 Å². The number of benzene rings is 2. The number of quaternary nitrogens is 1. The normalized spacial score (nSPS) is 15.5. The van der Waals surface area contributed by atoms with E-state index in [2.05, 4.69) is 5.32 Å². The maximum atomic E-state index is 12.7. The van der Waals surface area contributed by atoms with Crippen molar-refractivity contribution in [2.45, 2.75) is 33.8 Å². The second kappa shape index (κ2) is 9.76. The lowest BCUT2D eigenvalue weighted by molar-refractivity contribution is -0.895. The highest BCUT2D eigenvalue weighted by Crippen LogP contribution is 2.17. The number of amides is 2. The summed E-state index contributed by atoms with van der Waals surface area (Å²) < 4.78 is 5.83. The van der Waals surface area contributed by atoms with Gasteiger partial charge in [-0.05, 0) is 62.6 Å². The minimum absolute atomic E-state index is 0.00427. The number of hydrogen-bond acceptors (Lipinski definition) is 3. The first-order valence-corrected chi connectivity index (χ1v) is 10.5. The molecule has 1 aliphatic heterocycles. The molecular weight excluding hydrogens is 378 g/mol. The van der Waals surface area contributed by atoms with Gasteiger partial charge in [0.25, 0.3) is 11.8 Å². The third-order valence-electron chi connectivity index (χ3n) is 5.72. The molecule has 0 spiro atoms. The summed E-state index contributed by atoms with van der Waals surface area (Å²) in [4.78, 5) is 28.2. The van der Waals surface area contributed by atoms with E-state index >= 15 is 0 Å². The van der Waals surface area contributed by atoms with Crippen LogP contribution in [0.1, 0.15) is 23.6 Å². The average Bonchev–Trinajstić information content (AvgIpc) is 2.71. The number of nitrogens with one attached hydrogen (secondary N) is 2. The number of hydrogen-bond donors (Lipinski definition) is 2. The maximum absolute atomic E-state index is 12.7. The second-order valence-electron chi connectivity index (χ2n) is 8.12. The largest absolute Gasteiger partial charge is 0.481 e. The summed E-state index contributed by atoms with van der Waals surface area (Å²) in [5, 5.41) is 3.02. The molecule has 2 N–H and O–H groups in total. The smallest absolute Gasteiger partial charge is 0.279 e. The Morgan fingerprint density at radius 3 is 2.50 bits per heavy atom. The molecule has 6 heteroatoms. The van der Waals surface area contributed by atoms with Gasteiger partial charge in [-0.3, -0.25) is 9.59 Å². The number of nitrogens with zero attached hydrogens (tertiary/aromatic N) is 1. The Labute approximate surface area is 178 Å². The topological polar surface area (TPSA) is 63.1 Å². The number of rotatable bonds is 6. The highest BCUT2D eigenvalue weighted by Gasteiger charge is 2.29. The molecule has 2 aromatic rings. The number of piperazine rings is 1. The first kappa shape index (κ1) is 21.8. The third-order valence-corrected chi connectivity index (χ3v) is 5.72. The number of anilines is 1. The van der Waals surface area contributed by atoms with Crippen LogP contribution in [0, 0.1) is 20.8 Å². The summed E-state index contributed by atoms with van der Waals surface area (Å²) in [6, 6.07) is 13.6. The molecule has 0 saturated carbocycles. The molecule has 6 nitrogen and oxygen atoms in total. The van der Waals surface area contributed by atoms with E-state index in [0.29, 0.717) is 25.4 Å². The predicted molar refractivity (Wildman–Crippen MR) is 118 cm³/mol. The van der Waals surface area contributed by atoms with Crippen molar-refractivity contribution in [3.63, 3.8) is 0 Å². The molecule has 0 aliphatic carbocycles. The lowest BCUT2D eigenvalue weighted by Gasteiger charge is -2.33. The molecule has 2 aromatic carbocycles. The van der Waals surface area contributed by atoms with Crippen molar-refractivity contribution < 1.29 is 19.2 Å². The summed E-state index contributed by atoms with van der Waals surface area (Å²) in [7, 11) is 0. The van der Waals surface area contributed by atoms with E-state index in [1.54, 1.807) is 6.92 Å². The van der Waals surface area contributed by atoms with Gasteiger partial charge in [0.1, 0.15) is 5.75 Å². The van der Waals surface area contributed by atoms with Gasteiger partial charge < -0.3 is 19.9 Å². The molecule has 1 saturated heterocycles. The third kappa shape index (κ3) is 5.60. The molecule has 0 unspecified atom stereocenters. The van der Waals surface area contributed by atoms with Crippen LogP contribution in [0.2, 0.25) is 0 Å². The zero-order valence-electron chi connectivity index (χ0n) is 18.3. The van der Waals surface area contributed by atoms with E-state index in [-0.39, 0.29) is 11.8 Å². The molecule has 1 fully saturated rings. The summed E-state index contributed by atoms with van der Waals surface area (Å²) in [6.07, 6.45) is -0.527. The standard InChI is InChI=1S/C24H31N3O3/c1-17-7-5-9-21(15-17)30-20(4)24(29)27-13-11-26(12-14-27)16-23(28)25-22-10-6-8-18(2)19(22)3/h5-10,15,20H,11-14,16H2,1-4H3,(H,25,28)/p+1/t20-/m0/s1. The number of ether oxygens (including phenoxy) is 1. The Morgan fingerprint density at radius 2 is 1.80 bits per heavy atom. The molecule has 0 aromatic heterocycles. The summed E-state index contributed by atoms with van der Waals surface area (Å²) >= 11 is 0. The minimum atomic E-state index is -0.527. The Kier molecular flexibility index (Phi) is 7.11. The van der Waals surface area contributed by atoms with E-state index in [0.717, 1.165) is 35.5 Å². The first-order valence-electron chi connectivity index (χ1n) is 10.5. The quantitative estimate of drug-likeness (QED) is 0.763. The zero-order chi connectivity index (χ0) is 21.7. The van der Waals surface area contributed by atoms with Gasteiger partial charge >= 0.3 is 0 Å². The van der Waals surface area contributed by atoms with Crippen LogP contribution in [0.25, 0.3) is 0 Å². The van der Waals surface area contributed by atoms with Gasteiger partial charge in [0.15, 0.2) is 12.6 Å². The van der Waals surface area contributed by atoms with Gasteiger partial charge in [-0.25, -0.2) is 0 Å². The highest BCUT2D eigenvalue weighted by molar-refractivity contribution is 5.92. The zero-order valence-corrected chi connectivity index (χ0v) is 18.3. The van der Waals surface area contributed by atoms with Crippen molar-refractivity contribution in [1.29, 1.82) is 0 Å². The molecule has 3 rings (SSSR count). The van der Waals surface area contributed by atoms with Gasteiger partial charge in [0, 0.05) is 5.69 Å². The lowest BCUT2D eigenvalue weighted by atomic mass is 10.1.